The molecule has 0 aromatic heterocycles. The van der Waals surface area contributed by atoms with E-state index in [0.717, 1.165) is 0 Å². The molecule has 0 aromatic carbocycles. The highest BCUT2D eigenvalue weighted by Crippen LogP contribution is 2.68. The largest absolute Gasteiger partial charge is 0.460 e. The average Bonchev–Trinajstić information content (AvgIpc) is 2.84. The van der Waals surface area contributed by atoms with Crippen molar-refractivity contribution < 1.29 is 128 Å². The monoisotopic (exact) mass is 848 g/mol. The molecule has 0 saturated heterocycles. The van der Waals surface area contributed by atoms with Gasteiger partial charge in [0.25, 0.3) is 0 Å². The molecule has 0 aliphatic rings. The smallest absolute Gasteiger partial charge is 0.458 e. The second-order valence-corrected chi connectivity index (χ2v) is 11.6. The van der Waals surface area contributed by atoms with E-state index in [-0.39, 0.29) is 0 Å². The summed E-state index contributed by atoms with van der Waals surface area (Å²) in [5.74, 6) is -113. The Balaban J connectivity index is 7.33. The molecule has 0 amide bonds. The SMILES string of the molecule is CC(C)(Br)C(=O)OCC(F)(F)C(F)(F)C(F)(F)C(F)(F)C(F)(F)C(F)(F)C(F)(F)C(F)(F)C(F)(F)C(F)(F)C(F)(F)C(F)(F)C(F)(F)F. The zero-order valence-corrected chi connectivity index (χ0v) is 23.2. The molecule has 0 aliphatic heterocycles. The first-order valence-corrected chi connectivity index (χ1v) is 11.4. The number of hydrogen-bond acceptors (Lipinski definition) is 2. The Morgan fingerprint density at radius 1 is 0.396 bits per heavy atom. The van der Waals surface area contributed by atoms with Gasteiger partial charge in [0.05, 0.1) is 0 Å². The van der Waals surface area contributed by atoms with Crippen LogP contribution in [-0.4, -0.2) is 94.1 Å². The molecule has 0 heterocycles. The minimum Gasteiger partial charge on any atom is -0.458 e. The van der Waals surface area contributed by atoms with E-state index in [9.17, 15) is 123 Å². The van der Waals surface area contributed by atoms with Gasteiger partial charge in [0.1, 0.15) is 4.32 Å². The molecule has 0 bridgehead atoms. The molecule has 0 spiro atoms. The maximum absolute atomic E-state index is 13.8. The normalized spacial score (nSPS) is 16.7. The number of rotatable bonds is 14. The highest BCUT2D eigenvalue weighted by molar-refractivity contribution is 9.10. The highest BCUT2D eigenvalue weighted by atomic mass is 79.9. The van der Waals surface area contributed by atoms with Gasteiger partial charge in [-0.2, -0.15) is 119 Å². The molecule has 0 atom stereocenters. The maximum Gasteiger partial charge on any atom is 0.460 e. The summed E-state index contributed by atoms with van der Waals surface area (Å²) in [6, 6.07) is 0. The van der Waals surface area contributed by atoms with Gasteiger partial charge in [0.15, 0.2) is 6.61 Å². The van der Waals surface area contributed by atoms with Crippen molar-refractivity contribution in [2.24, 2.45) is 0 Å². The van der Waals surface area contributed by atoms with E-state index in [1.165, 1.54) is 0 Å². The molecular weight excluding hydrogens is 841 g/mol. The Kier molecular flexibility index (Phi) is 11.1. The summed E-state index contributed by atoms with van der Waals surface area (Å²) in [5, 5.41) is 0. The topological polar surface area (TPSA) is 26.3 Å². The predicted octanol–water partition coefficient (Wildman–Crippen LogP) is 9.89. The zero-order valence-electron chi connectivity index (χ0n) is 21.6. The second kappa shape index (κ2) is 11.5. The molecule has 0 aliphatic carbocycles. The van der Waals surface area contributed by atoms with Crippen molar-refractivity contribution in [2.45, 2.75) is 95.4 Å². The summed E-state index contributed by atoms with van der Waals surface area (Å²) in [6.07, 6.45) is -8.26. The van der Waals surface area contributed by atoms with Crippen LogP contribution in [-0.2, 0) is 9.53 Å². The number of ether oxygens (including phenoxy) is 1. The van der Waals surface area contributed by atoms with Gasteiger partial charge in [-0.3, -0.25) is 4.79 Å². The fourth-order valence-corrected chi connectivity index (χ4v) is 2.72. The summed E-state index contributed by atoms with van der Waals surface area (Å²) >= 11 is 2.25. The lowest BCUT2D eigenvalue weighted by molar-refractivity contribution is -0.485. The first-order valence-electron chi connectivity index (χ1n) is 10.6. The Morgan fingerprint density at radius 3 is 0.771 bits per heavy atom. The second-order valence-electron chi connectivity index (χ2n) is 9.57. The quantitative estimate of drug-likeness (QED) is 0.0990. The molecule has 0 unspecified atom stereocenters. The molecular formula is C18H8BrF27O2. The van der Waals surface area contributed by atoms with E-state index in [2.05, 4.69) is 20.7 Å². The van der Waals surface area contributed by atoms with Crippen LogP contribution in [0.1, 0.15) is 13.8 Å². The Labute approximate surface area is 253 Å². The number of hydrogen-bond donors (Lipinski definition) is 0. The summed E-state index contributed by atoms with van der Waals surface area (Å²) < 4.78 is 364. The number of carbonyl (C=O) groups is 1. The van der Waals surface area contributed by atoms with Crippen LogP contribution in [0.2, 0.25) is 0 Å². The molecule has 30 heteroatoms. The lowest BCUT2D eigenvalue weighted by Crippen LogP contribution is -2.79. The standard InChI is InChI=1S/C18H8BrF27O2/c1-5(2,19)4(47)48-3-6(20,21)7(22,23)8(24,25)9(26,27)10(28,29)11(30,31)12(32,33)13(34,35)14(36,37)15(38,39)16(40,41)17(42,43)18(44,45)46/h3H2,1-2H3. The van der Waals surface area contributed by atoms with Crippen molar-refractivity contribution >= 4 is 21.9 Å². The van der Waals surface area contributed by atoms with Gasteiger partial charge >= 0.3 is 83.2 Å². The maximum atomic E-state index is 13.8. The summed E-state index contributed by atoms with van der Waals surface area (Å²) in [6.45, 7) is -2.40. The number of alkyl halides is 28. The Hall–Kier alpha value is -1.94. The number of esters is 1. The van der Waals surface area contributed by atoms with E-state index in [0.29, 0.717) is 13.8 Å². The molecule has 48 heavy (non-hydrogen) atoms. The highest BCUT2D eigenvalue weighted by Gasteiger charge is 3.00. The molecule has 0 rings (SSSR count). The van der Waals surface area contributed by atoms with E-state index in [1.807, 2.05) is 0 Å². The lowest BCUT2D eigenvalue weighted by Gasteiger charge is -2.46. The molecule has 0 fully saturated rings. The molecule has 0 saturated carbocycles. The van der Waals surface area contributed by atoms with Crippen molar-refractivity contribution in [3.05, 3.63) is 0 Å². The first kappa shape index (κ1) is 46.1. The van der Waals surface area contributed by atoms with Crippen molar-refractivity contribution in [1.82, 2.24) is 0 Å². The molecule has 0 radical (unpaired) electrons. The van der Waals surface area contributed by atoms with Gasteiger partial charge in [-0.15, -0.1) is 0 Å². The van der Waals surface area contributed by atoms with Gasteiger partial charge < -0.3 is 4.74 Å². The minimum atomic E-state index is -9.83. The van der Waals surface area contributed by atoms with Gasteiger partial charge in [0, 0.05) is 0 Å². The van der Waals surface area contributed by atoms with Gasteiger partial charge in [-0.05, 0) is 13.8 Å². The van der Waals surface area contributed by atoms with Gasteiger partial charge in [0.2, 0.25) is 0 Å². The fraction of sp³-hybridized carbons (Fsp3) is 0.944. The van der Waals surface area contributed by atoms with E-state index >= 15 is 0 Å². The van der Waals surface area contributed by atoms with Crippen LogP contribution in [0.3, 0.4) is 0 Å². The fourth-order valence-electron chi connectivity index (χ4n) is 2.60. The minimum absolute atomic E-state index is 0.607. The van der Waals surface area contributed by atoms with E-state index in [4.69, 9.17) is 0 Å². The van der Waals surface area contributed by atoms with E-state index in [1.54, 1.807) is 0 Å². The summed E-state index contributed by atoms with van der Waals surface area (Å²) in [4.78, 5) is 11.3. The van der Waals surface area contributed by atoms with Gasteiger partial charge in [-0.25, -0.2) is 0 Å². The van der Waals surface area contributed by atoms with Crippen LogP contribution in [0.25, 0.3) is 0 Å². The number of halogens is 28. The van der Waals surface area contributed by atoms with Crippen LogP contribution in [0.5, 0.6) is 0 Å². The third-order valence-electron chi connectivity index (χ3n) is 5.63. The van der Waals surface area contributed by atoms with Crippen molar-refractivity contribution in [3.63, 3.8) is 0 Å². The summed E-state index contributed by atoms with van der Waals surface area (Å²) in [5.41, 5.74) is 0. The number of carbonyl (C=O) groups excluding carboxylic acids is 1. The summed E-state index contributed by atoms with van der Waals surface area (Å²) in [7, 11) is 0. The Morgan fingerprint density at radius 2 is 0.583 bits per heavy atom. The average molecular weight is 849 g/mol. The first-order chi connectivity index (χ1) is 20.1. The van der Waals surface area contributed by atoms with Crippen LogP contribution in [0.15, 0.2) is 0 Å². The Bertz CT molecular complexity index is 1190. The third-order valence-corrected chi connectivity index (χ3v) is 5.95. The van der Waals surface area contributed by atoms with Crippen molar-refractivity contribution in [2.75, 3.05) is 6.61 Å². The van der Waals surface area contributed by atoms with Crippen molar-refractivity contribution in [1.29, 1.82) is 0 Å². The van der Waals surface area contributed by atoms with E-state index < -0.39 is 94.1 Å². The molecule has 0 aromatic rings. The van der Waals surface area contributed by atoms with Crippen LogP contribution < -0.4 is 0 Å². The zero-order chi connectivity index (χ0) is 40.0. The molecule has 2 nitrogen and oxygen atoms in total. The molecule has 0 N–H and O–H groups in total. The van der Waals surface area contributed by atoms with Crippen LogP contribution >= 0.6 is 15.9 Å². The van der Waals surface area contributed by atoms with Gasteiger partial charge in [-0.1, -0.05) is 15.9 Å². The van der Waals surface area contributed by atoms with Crippen molar-refractivity contribution in [3.8, 4) is 0 Å². The lowest BCUT2D eigenvalue weighted by atomic mass is 9.84. The van der Waals surface area contributed by atoms with Crippen LogP contribution in [0, 0.1) is 0 Å². The molecule has 288 valence electrons. The van der Waals surface area contributed by atoms with Crippen LogP contribution in [0.4, 0.5) is 119 Å². The predicted molar refractivity (Wildman–Crippen MR) is 99.4 cm³/mol. The third kappa shape index (κ3) is 5.86.